The second-order valence-corrected chi connectivity index (χ2v) is 6.12. The fourth-order valence-electron chi connectivity index (χ4n) is 3.25. The van der Waals surface area contributed by atoms with E-state index < -0.39 is 0 Å². The second kappa shape index (κ2) is 6.73. The minimum Gasteiger partial charge on any atom is -0.374 e. The van der Waals surface area contributed by atoms with Crippen LogP contribution in [0.25, 0.3) is 0 Å². The predicted molar refractivity (Wildman–Crippen MR) is 85.2 cm³/mol. The lowest BCUT2D eigenvalue weighted by atomic mass is 9.79. The lowest BCUT2D eigenvalue weighted by Crippen LogP contribution is -2.42. The molecule has 0 aromatic heterocycles. The van der Waals surface area contributed by atoms with Crippen LogP contribution in [0, 0.1) is 0 Å². The largest absolute Gasteiger partial charge is 0.374 e. The van der Waals surface area contributed by atoms with Gasteiger partial charge in [-0.15, -0.1) is 0 Å². The fourth-order valence-corrected chi connectivity index (χ4v) is 3.25. The van der Waals surface area contributed by atoms with Crippen molar-refractivity contribution in [1.29, 1.82) is 0 Å². The van der Waals surface area contributed by atoms with Gasteiger partial charge in [-0.05, 0) is 57.2 Å². The van der Waals surface area contributed by atoms with Crippen LogP contribution in [-0.2, 0) is 4.74 Å². The lowest BCUT2D eigenvalue weighted by Gasteiger charge is -2.37. The maximum absolute atomic E-state index is 6.03. The molecular formula is C18H29NO. The molecule has 0 amide bonds. The van der Waals surface area contributed by atoms with Crippen molar-refractivity contribution in [2.75, 3.05) is 13.7 Å². The van der Waals surface area contributed by atoms with Crippen molar-refractivity contribution in [3.05, 3.63) is 35.4 Å². The van der Waals surface area contributed by atoms with E-state index in [1.54, 1.807) is 0 Å². The van der Waals surface area contributed by atoms with Gasteiger partial charge < -0.3 is 10.1 Å². The van der Waals surface area contributed by atoms with Crippen molar-refractivity contribution in [3.63, 3.8) is 0 Å². The molecule has 1 saturated carbocycles. The molecule has 0 heterocycles. The Bertz CT molecular complexity index is 410. The van der Waals surface area contributed by atoms with Crippen LogP contribution in [0.15, 0.2) is 24.3 Å². The van der Waals surface area contributed by atoms with Crippen LogP contribution in [0.4, 0.5) is 0 Å². The molecule has 2 nitrogen and oxygen atoms in total. The number of likely N-dealkylation sites (N-methyl/N-ethyl adjacent to an activating group) is 1. The number of benzene rings is 1. The Kier molecular flexibility index (Phi) is 5.22. The summed E-state index contributed by atoms with van der Waals surface area (Å²) in [6, 6.07) is 9.42. The Morgan fingerprint density at radius 1 is 1.25 bits per heavy atom. The Labute approximate surface area is 123 Å². The summed E-state index contributed by atoms with van der Waals surface area (Å²) in [5, 5.41) is 3.45. The molecule has 0 saturated heterocycles. The number of hydrogen-bond acceptors (Lipinski definition) is 2. The molecule has 1 aliphatic carbocycles. The van der Waals surface area contributed by atoms with Gasteiger partial charge in [0.15, 0.2) is 0 Å². The molecule has 0 bridgehead atoms. The highest BCUT2D eigenvalue weighted by Crippen LogP contribution is 2.38. The maximum atomic E-state index is 6.03. The van der Waals surface area contributed by atoms with Crippen LogP contribution >= 0.6 is 0 Å². The van der Waals surface area contributed by atoms with Gasteiger partial charge >= 0.3 is 0 Å². The molecular weight excluding hydrogens is 246 g/mol. The van der Waals surface area contributed by atoms with Gasteiger partial charge in [0.25, 0.3) is 0 Å². The first-order chi connectivity index (χ1) is 9.64. The molecule has 1 aromatic rings. The van der Waals surface area contributed by atoms with Gasteiger partial charge in [0.05, 0.1) is 11.6 Å². The molecule has 1 fully saturated rings. The summed E-state index contributed by atoms with van der Waals surface area (Å²) in [7, 11) is 2.03. The molecule has 0 spiro atoms. The molecule has 0 aliphatic heterocycles. The summed E-state index contributed by atoms with van der Waals surface area (Å²) in [5.74, 6) is 0.807. The third kappa shape index (κ3) is 3.07. The molecule has 2 atom stereocenters. The van der Waals surface area contributed by atoms with Crippen LogP contribution in [0.1, 0.15) is 69.5 Å². The number of ether oxygens (including phenoxy) is 1. The standard InChI is InChI=1S/C18H29NO/c1-5-18(3,20-6-2)17(19-4)16-12-10-15(11-13-16)14-8-7-9-14/h10-14,17,19H,5-9H2,1-4H3. The van der Waals surface area contributed by atoms with Crippen molar-refractivity contribution in [3.8, 4) is 0 Å². The van der Waals surface area contributed by atoms with Crippen LogP contribution in [0.3, 0.4) is 0 Å². The highest BCUT2D eigenvalue weighted by Gasteiger charge is 2.33. The average Bonchev–Trinajstić information content (AvgIpc) is 2.40. The van der Waals surface area contributed by atoms with E-state index in [-0.39, 0.29) is 11.6 Å². The molecule has 20 heavy (non-hydrogen) atoms. The summed E-state index contributed by atoms with van der Waals surface area (Å²) in [6.45, 7) is 7.23. The van der Waals surface area contributed by atoms with E-state index in [1.165, 1.54) is 30.4 Å². The Balaban J connectivity index is 2.17. The highest BCUT2D eigenvalue weighted by atomic mass is 16.5. The normalized spacial score (nSPS) is 20.2. The topological polar surface area (TPSA) is 21.3 Å². The van der Waals surface area contributed by atoms with Crippen molar-refractivity contribution in [1.82, 2.24) is 5.32 Å². The van der Waals surface area contributed by atoms with Gasteiger partial charge in [-0.1, -0.05) is 37.6 Å². The average molecular weight is 275 g/mol. The Morgan fingerprint density at radius 2 is 1.90 bits per heavy atom. The molecule has 2 unspecified atom stereocenters. The second-order valence-electron chi connectivity index (χ2n) is 6.12. The maximum Gasteiger partial charge on any atom is 0.0845 e. The zero-order valence-electron chi connectivity index (χ0n) is 13.4. The van der Waals surface area contributed by atoms with E-state index in [1.807, 2.05) is 7.05 Å². The monoisotopic (exact) mass is 275 g/mol. The van der Waals surface area contributed by atoms with Crippen molar-refractivity contribution >= 4 is 0 Å². The van der Waals surface area contributed by atoms with E-state index >= 15 is 0 Å². The molecule has 2 heteroatoms. The van der Waals surface area contributed by atoms with Gasteiger partial charge in [0.2, 0.25) is 0 Å². The first-order valence-corrected chi connectivity index (χ1v) is 8.05. The lowest BCUT2D eigenvalue weighted by molar-refractivity contribution is -0.0547. The van der Waals surface area contributed by atoms with Crippen LogP contribution in [0.2, 0.25) is 0 Å². The quantitative estimate of drug-likeness (QED) is 0.795. The zero-order chi connectivity index (χ0) is 14.6. The van der Waals surface area contributed by atoms with Crippen molar-refractivity contribution in [2.45, 2.75) is 64.0 Å². The molecule has 0 radical (unpaired) electrons. The summed E-state index contributed by atoms with van der Waals surface area (Å²) in [4.78, 5) is 0. The summed E-state index contributed by atoms with van der Waals surface area (Å²) >= 11 is 0. The first kappa shape index (κ1) is 15.5. The summed E-state index contributed by atoms with van der Waals surface area (Å²) in [6.07, 6.45) is 5.11. The van der Waals surface area contributed by atoms with Crippen molar-refractivity contribution in [2.24, 2.45) is 0 Å². The van der Waals surface area contributed by atoms with E-state index in [4.69, 9.17) is 4.74 Å². The van der Waals surface area contributed by atoms with Crippen molar-refractivity contribution < 1.29 is 4.74 Å². The minimum atomic E-state index is -0.151. The molecule has 2 rings (SSSR count). The van der Waals surface area contributed by atoms with Gasteiger partial charge in [-0.25, -0.2) is 0 Å². The zero-order valence-corrected chi connectivity index (χ0v) is 13.4. The SMILES string of the molecule is CCOC(C)(CC)C(NC)c1ccc(C2CCC2)cc1. The van der Waals surface area contributed by atoms with Gasteiger partial charge in [0.1, 0.15) is 0 Å². The summed E-state index contributed by atoms with van der Waals surface area (Å²) < 4.78 is 6.03. The molecule has 112 valence electrons. The third-order valence-corrected chi connectivity index (χ3v) is 4.92. The van der Waals surface area contributed by atoms with Crippen LogP contribution in [-0.4, -0.2) is 19.3 Å². The van der Waals surface area contributed by atoms with Gasteiger partial charge in [-0.2, -0.15) is 0 Å². The van der Waals surface area contributed by atoms with Gasteiger partial charge in [0, 0.05) is 6.61 Å². The Morgan fingerprint density at radius 3 is 2.30 bits per heavy atom. The highest BCUT2D eigenvalue weighted by molar-refractivity contribution is 5.30. The summed E-state index contributed by atoms with van der Waals surface area (Å²) in [5.41, 5.74) is 2.68. The van der Waals surface area contributed by atoms with E-state index in [0.717, 1.165) is 18.9 Å². The number of nitrogens with one attached hydrogen (secondary N) is 1. The van der Waals surface area contributed by atoms with E-state index in [2.05, 4.69) is 50.4 Å². The van der Waals surface area contributed by atoms with E-state index in [0.29, 0.717) is 0 Å². The molecule has 1 aliphatic rings. The molecule has 1 aromatic carbocycles. The van der Waals surface area contributed by atoms with Crippen LogP contribution < -0.4 is 5.32 Å². The van der Waals surface area contributed by atoms with Gasteiger partial charge in [-0.3, -0.25) is 0 Å². The number of rotatable bonds is 7. The fraction of sp³-hybridized carbons (Fsp3) is 0.667. The number of hydrogen-bond donors (Lipinski definition) is 1. The first-order valence-electron chi connectivity index (χ1n) is 8.05. The minimum absolute atomic E-state index is 0.151. The molecule has 1 N–H and O–H groups in total. The third-order valence-electron chi connectivity index (χ3n) is 4.92. The van der Waals surface area contributed by atoms with Crippen LogP contribution in [0.5, 0.6) is 0 Å². The predicted octanol–water partition coefficient (Wildman–Crippen LogP) is 4.42. The smallest absolute Gasteiger partial charge is 0.0845 e. The van der Waals surface area contributed by atoms with E-state index in [9.17, 15) is 0 Å². The Hall–Kier alpha value is -0.860.